The smallest absolute Gasteiger partial charge is 0.257 e. The molecule has 0 heterocycles. The van der Waals surface area contributed by atoms with Gasteiger partial charge in [-0.05, 0) is 38.3 Å². The maximum absolute atomic E-state index is 13.6. The Hall–Kier alpha value is -1.49. The molecule has 0 radical (unpaired) electrons. The Morgan fingerprint density at radius 2 is 2.11 bits per heavy atom. The van der Waals surface area contributed by atoms with Gasteiger partial charge < -0.3 is 10.4 Å². The van der Waals surface area contributed by atoms with E-state index in [1.165, 1.54) is 13.0 Å². The highest BCUT2D eigenvalue weighted by molar-refractivity contribution is 5.94. The van der Waals surface area contributed by atoms with Crippen LogP contribution in [0.3, 0.4) is 0 Å². The van der Waals surface area contributed by atoms with Gasteiger partial charge in [-0.2, -0.15) is 0 Å². The Balaban J connectivity index is 2.65. The zero-order valence-electron chi connectivity index (χ0n) is 10.5. The molecule has 0 aliphatic carbocycles. The van der Waals surface area contributed by atoms with Crippen LogP contribution in [0.25, 0.3) is 0 Å². The second-order valence-electron chi connectivity index (χ2n) is 4.30. The van der Waals surface area contributed by atoms with E-state index in [0.717, 1.165) is 6.07 Å². The Bertz CT molecular complexity index is 433. The van der Waals surface area contributed by atoms with Gasteiger partial charge in [-0.25, -0.2) is 8.78 Å². The number of rotatable bonds is 5. The predicted octanol–water partition coefficient (Wildman–Crippen LogP) is 2.16. The van der Waals surface area contributed by atoms with E-state index < -0.39 is 29.2 Å². The molecule has 3 nitrogen and oxygen atoms in total. The maximum atomic E-state index is 13.6. The number of benzene rings is 1. The lowest BCUT2D eigenvalue weighted by Gasteiger charge is -2.09. The van der Waals surface area contributed by atoms with Crippen molar-refractivity contribution in [2.45, 2.75) is 32.8 Å². The molecular weight excluding hydrogens is 240 g/mol. The summed E-state index contributed by atoms with van der Waals surface area (Å²) in [5, 5.41) is 11.5. The summed E-state index contributed by atoms with van der Waals surface area (Å²) < 4.78 is 27.0. The fourth-order valence-corrected chi connectivity index (χ4v) is 1.55. The van der Waals surface area contributed by atoms with E-state index in [0.29, 0.717) is 12.8 Å². The molecule has 2 N–H and O–H groups in total. The van der Waals surface area contributed by atoms with Crippen LogP contribution in [-0.2, 0) is 0 Å². The van der Waals surface area contributed by atoms with Crippen molar-refractivity contribution < 1.29 is 18.7 Å². The zero-order chi connectivity index (χ0) is 13.7. The molecule has 1 rings (SSSR count). The maximum Gasteiger partial charge on any atom is 0.257 e. The number of halogens is 2. The highest BCUT2D eigenvalue weighted by Crippen LogP contribution is 2.16. The number of hydrogen-bond acceptors (Lipinski definition) is 2. The van der Waals surface area contributed by atoms with Crippen LogP contribution in [0.5, 0.6) is 0 Å². The highest BCUT2D eigenvalue weighted by atomic mass is 19.1. The molecule has 18 heavy (non-hydrogen) atoms. The molecule has 0 spiro atoms. The molecule has 0 fully saturated rings. The Morgan fingerprint density at radius 3 is 2.72 bits per heavy atom. The van der Waals surface area contributed by atoms with Crippen LogP contribution < -0.4 is 5.32 Å². The summed E-state index contributed by atoms with van der Waals surface area (Å²) in [5.41, 5.74) is -0.322. The van der Waals surface area contributed by atoms with Crippen molar-refractivity contribution in [2.24, 2.45) is 0 Å². The lowest BCUT2D eigenvalue weighted by molar-refractivity contribution is 0.0941. The molecule has 100 valence electrons. The van der Waals surface area contributed by atoms with Crippen LogP contribution in [0, 0.1) is 18.6 Å². The van der Waals surface area contributed by atoms with Crippen molar-refractivity contribution >= 4 is 5.91 Å². The third kappa shape index (κ3) is 3.77. The van der Waals surface area contributed by atoms with E-state index in [-0.39, 0.29) is 12.1 Å². The number of aliphatic hydroxyl groups is 1. The summed E-state index contributed by atoms with van der Waals surface area (Å²) in [6.07, 6.45) is 0.631. The Morgan fingerprint density at radius 1 is 1.44 bits per heavy atom. The van der Waals surface area contributed by atoms with Gasteiger partial charge in [-0.3, -0.25) is 4.79 Å². The molecule has 0 saturated carbocycles. The first-order valence-electron chi connectivity index (χ1n) is 5.84. The number of carbonyl (C=O) groups excluding carboxylic acids is 1. The minimum Gasteiger partial charge on any atom is -0.393 e. The summed E-state index contributed by atoms with van der Waals surface area (Å²) in [6.45, 7) is 3.39. The van der Waals surface area contributed by atoms with Crippen molar-refractivity contribution in [1.82, 2.24) is 5.32 Å². The molecule has 1 amide bonds. The number of hydrogen-bond donors (Lipinski definition) is 2. The SMILES string of the molecule is Cc1ccc(F)c(C(=O)NCCCC(C)O)c1F. The van der Waals surface area contributed by atoms with Crippen molar-refractivity contribution in [3.8, 4) is 0 Å². The van der Waals surface area contributed by atoms with E-state index in [1.807, 2.05) is 0 Å². The Labute approximate surface area is 105 Å². The van der Waals surface area contributed by atoms with E-state index in [1.54, 1.807) is 6.92 Å². The summed E-state index contributed by atoms with van der Waals surface area (Å²) in [7, 11) is 0. The van der Waals surface area contributed by atoms with E-state index in [9.17, 15) is 13.6 Å². The normalized spacial score (nSPS) is 12.3. The average Bonchev–Trinajstić information content (AvgIpc) is 2.30. The number of aliphatic hydroxyl groups excluding tert-OH is 1. The molecule has 1 unspecified atom stereocenters. The summed E-state index contributed by atoms with van der Waals surface area (Å²) in [6, 6.07) is 2.36. The van der Waals surface area contributed by atoms with Crippen molar-refractivity contribution in [3.05, 3.63) is 34.9 Å². The first kappa shape index (κ1) is 14.6. The van der Waals surface area contributed by atoms with Crippen molar-refractivity contribution in [1.29, 1.82) is 0 Å². The first-order chi connectivity index (χ1) is 8.43. The van der Waals surface area contributed by atoms with Gasteiger partial charge in [-0.15, -0.1) is 0 Å². The molecule has 1 atom stereocenters. The highest BCUT2D eigenvalue weighted by Gasteiger charge is 2.18. The fourth-order valence-electron chi connectivity index (χ4n) is 1.55. The lowest BCUT2D eigenvalue weighted by Crippen LogP contribution is -2.27. The number of carbonyl (C=O) groups is 1. The molecule has 5 heteroatoms. The minimum atomic E-state index is -0.869. The van der Waals surface area contributed by atoms with E-state index in [2.05, 4.69) is 5.32 Å². The molecule has 0 aliphatic heterocycles. The number of nitrogens with one attached hydrogen (secondary N) is 1. The molecule has 0 aromatic heterocycles. The summed E-state index contributed by atoms with van der Waals surface area (Å²) >= 11 is 0. The molecule has 1 aromatic carbocycles. The standard InChI is InChI=1S/C13H17F2NO2/c1-8-5-6-10(14)11(12(8)15)13(18)16-7-3-4-9(2)17/h5-6,9,17H,3-4,7H2,1-2H3,(H,16,18). The largest absolute Gasteiger partial charge is 0.393 e. The van der Waals surface area contributed by atoms with Gasteiger partial charge in [0.25, 0.3) is 5.91 Å². The lowest BCUT2D eigenvalue weighted by atomic mass is 10.1. The molecular formula is C13H17F2NO2. The number of aryl methyl sites for hydroxylation is 1. The van der Waals surface area contributed by atoms with Crippen LogP contribution in [0.4, 0.5) is 8.78 Å². The molecule has 0 saturated heterocycles. The van der Waals surface area contributed by atoms with Crippen molar-refractivity contribution in [2.75, 3.05) is 6.54 Å². The van der Waals surface area contributed by atoms with E-state index >= 15 is 0 Å². The van der Waals surface area contributed by atoms with Crippen LogP contribution >= 0.6 is 0 Å². The van der Waals surface area contributed by atoms with Crippen LogP contribution in [0.2, 0.25) is 0 Å². The van der Waals surface area contributed by atoms with Gasteiger partial charge in [-0.1, -0.05) is 6.07 Å². The van der Waals surface area contributed by atoms with Gasteiger partial charge in [0.2, 0.25) is 0 Å². The van der Waals surface area contributed by atoms with Crippen molar-refractivity contribution in [3.63, 3.8) is 0 Å². The molecule has 0 bridgehead atoms. The second kappa shape index (κ2) is 6.44. The third-order valence-corrected chi connectivity index (χ3v) is 2.60. The Kier molecular flexibility index (Phi) is 5.22. The zero-order valence-corrected chi connectivity index (χ0v) is 10.5. The minimum absolute atomic E-state index is 0.227. The summed E-state index contributed by atoms with van der Waals surface area (Å²) in [5.74, 6) is -2.46. The van der Waals surface area contributed by atoms with Gasteiger partial charge >= 0.3 is 0 Å². The number of amides is 1. The monoisotopic (exact) mass is 257 g/mol. The topological polar surface area (TPSA) is 49.3 Å². The van der Waals surface area contributed by atoms with Crippen LogP contribution in [-0.4, -0.2) is 23.7 Å². The average molecular weight is 257 g/mol. The third-order valence-electron chi connectivity index (χ3n) is 2.60. The van der Waals surface area contributed by atoms with Gasteiger partial charge in [0, 0.05) is 6.54 Å². The molecule has 1 aromatic rings. The van der Waals surface area contributed by atoms with Gasteiger partial charge in [0.05, 0.1) is 6.10 Å². The molecule has 0 aliphatic rings. The second-order valence-corrected chi connectivity index (χ2v) is 4.30. The van der Waals surface area contributed by atoms with Crippen LogP contribution in [0.15, 0.2) is 12.1 Å². The summed E-state index contributed by atoms with van der Waals surface area (Å²) in [4.78, 5) is 11.6. The quantitative estimate of drug-likeness (QED) is 0.794. The van der Waals surface area contributed by atoms with Gasteiger partial charge in [0.1, 0.15) is 17.2 Å². The van der Waals surface area contributed by atoms with Crippen LogP contribution in [0.1, 0.15) is 35.7 Å². The van der Waals surface area contributed by atoms with Gasteiger partial charge in [0.15, 0.2) is 0 Å². The predicted molar refractivity (Wildman–Crippen MR) is 64.3 cm³/mol. The fraction of sp³-hybridized carbons (Fsp3) is 0.462. The van der Waals surface area contributed by atoms with E-state index in [4.69, 9.17) is 5.11 Å². The first-order valence-corrected chi connectivity index (χ1v) is 5.84.